The number of nitrogens with zero attached hydrogens (tertiary/aromatic N) is 1. The van der Waals surface area contributed by atoms with Crippen LogP contribution >= 0.6 is 15.9 Å². The zero-order chi connectivity index (χ0) is 14.5. The van der Waals surface area contributed by atoms with Crippen LogP contribution in [-0.2, 0) is 13.0 Å². The van der Waals surface area contributed by atoms with Crippen molar-refractivity contribution in [3.63, 3.8) is 0 Å². The Labute approximate surface area is 126 Å². The molecule has 1 aromatic carbocycles. The molecule has 0 spiro atoms. The van der Waals surface area contributed by atoms with Crippen LogP contribution in [-0.4, -0.2) is 18.8 Å². The molecule has 1 aromatic heterocycles. The Morgan fingerprint density at radius 2 is 2.15 bits per heavy atom. The molecular formula is C14H17BrN2O3. The van der Waals surface area contributed by atoms with E-state index in [2.05, 4.69) is 21.1 Å². The van der Waals surface area contributed by atoms with Crippen LogP contribution in [0.15, 0.2) is 27.2 Å². The molecule has 0 fully saturated rings. The number of halogens is 1. The van der Waals surface area contributed by atoms with Gasteiger partial charge >= 0.3 is 0 Å². The number of rotatable bonds is 6. The van der Waals surface area contributed by atoms with Gasteiger partial charge in [-0.25, -0.2) is 0 Å². The average Bonchev–Trinajstić information content (AvgIpc) is 2.83. The molecule has 0 unspecified atom stereocenters. The molecule has 0 aliphatic heterocycles. The van der Waals surface area contributed by atoms with Gasteiger partial charge < -0.3 is 19.7 Å². The fourth-order valence-electron chi connectivity index (χ4n) is 1.85. The van der Waals surface area contributed by atoms with Crippen molar-refractivity contribution in [1.29, 1.82) is 0 Å². The number of hydrogen-bond donors (Lipinski definition) is 1. The normalized spacial score (nSPS) is 10.6. The second-order valence-electron chi connectivity index (χ2n) is 4.37. The minimum atomic E-state index is 0.298. The van der Waals surface area contributed by atoms with Gasteiger partial charge in [-0.05, 0) is 53.5 Å². The molecule has 20 heavy (non-hydrogen) atoms. The first kappa shape index (κ1) is 14.9. The molecule has 5 nitrogen and oxygen atoms in total. The van der Waals surface area contributed by atoms with Crippen LogP contribution in [0.1, 0.15) is 17.0 Å². The lowest BCUT2D eigenvalue weighted by atomic mass is 10.1. The number of hydrogen-bond acceptors (Lipinski definition) is 5. The summed E-state index contributed by atoms with van der Waals surface area (Å²) in [5.74, 6) is 1.98. The maximum absolute atomic E-state index is 5.75. The first-order valence-corrected chi connectivity index (χ1v) is 7.04. The van der Waals surface area contributed by atoms with E-state index in [4.69, 9.17) is 19.7 Å². The Morgan fingerprint density at radius 1 is 1.35 bits per heavy atom. The molecule has 0 aliphatic rings. The van der Waals surface area contributed by atoms with Gasteiger partial charge in [0.15, 0.2) is 17.3 Å². The summed E-state index contributed by atoms with van der Waals surface area (Å²) in [6.45, 7) is 2.75. The Morgan fingerprint density at radius 3 is 2.75 bits per heavy atom. The van der Waals surface area contributed by atoms with Gasteiger partial charge in [0.2, 0.25) is 0 Å². The summed E-state index contributed by atoms with van der Waals surface area (Å²) < 4.78 is 17.1. The Bertz CT molecular complexity index is 584. The topological polar surface area (TPSA) is 70.5 Å². The molecule has 2 rings (SSSR count). The molecule has 0 bridgehead atoms. The first-order chi connectivity index (χ1) is 9.63. The summed E-state index contributed by atoms with van der Waals surface area (Å²) in [5.41, 5.74) is 7.49. The summed E-state index contributed by atoms with van der Waals surface area (Å²) in [5, 5.41) is 3.82. The zero-order valence-corrected chi connectivity index (χ0v) is 13.1. The van der Waals surface area contributed by atoms with Gasteiger partial charge in [-0.1, -0.05) is 5.16 Å². The highest BCUT2D eigenvalue weighted by molar-refractivity contribution is 9.10. The second kappa shape index (κ2) is 6.76. The third-order valence-corrected chi connectivity index (χ3v) is 3.35. The van der Waals surface area contributed by atoms with Crippen LogP contribution in [0, 0.1) is 6.92 Å². The zero-order valence-electron chi connectivity index (χ0n) is 11.5. The number of ether oxygens (including phenoxy) is 2. The fraction of sp³-hybridized carbons (Fsp3) is 0.357. The molecule has 0 amide bonds. The Kier molecular flexibility index (Phi) is 5.03. The minimum absolute atomic E-state index is 0.298. The standard InChI is InChI=1S/C14H17BrN2O3/c1-9-5-11(20-17-9)8-19-14-12(15)6-10(3-4-16)7-13(14)18-2/h5-7H,3-4,8,16H2,1-2H3. The van der Waals surface area contributed by atoms with Gasteiger partial charge in [-0.2, -0.15) is 0 Å². The lowest BCUT2D eigenvalue weighted by Crippen LogP contribution is -2.04. The molecular weight excluding hydrogens is 324 g/mol. The van der Waals surface area contributed by atoms with E-state index in [0.29, 0.717) is 30.4 Å². The van der Waals surface area contributed by atoms with Crippen LogP contribution in [0.4, 0.5) is 0 Å². The van der Waals surface area contributed by atoms with E-state index in [1.807, 2.05) is 25.1 Å². The monoisotopic (exact) mass is 340 g/mol. The third-order valence-electron chi connectivity index (χ3n) is 2.76. The van der Waals surface area contributed by atoms with Gasteiger partial charge in [0, 0.05) is 6.07 Å². The first-order valence-electron chi connectivity index (χ1n) is 6.25. The number of nitrogens with two attached hydrogens (primary N) is 1. The van der Waals surface area contributed by atoms with Crippen LogP contribution in [0.25, 0.3) is 0 Å². The van der Waals surface area contributed by atoms with Crippen LogP contribution in [0.5, 0.6) is 11.5 Å². The highest BCUT2D eigenvalue weighted by atomic mass is 79.9. The number of aryl methyl sites for hydroxylation is 1. The average molecular weight is 341 g/mol. The highest BCUT2D eigenvalue weighted by Crippen LogP contribution is 2.37. The molecule has 0 saturated carbocycles. The van der Waals surface area contributed by atoms with Crippen LogP contribution in [0.3, 0.4) is 0 Å². The van der Waals surface area contributed by atoms with Crippen molar-refractivity contribution in [1.82, 2.24) is 5.16 Å². The van der Waals surface area contributed by atoms with Gasteiger partial charge in [-0.3, -0.25) is 0 Å². The summed E-state index contributed by atoms with van der Waals surface area (Å²) in [6.07, 6.45) is 0.788. The molecule has 0 saturated heterocycles. The number of benzene rings is 1. The molecule has 6 heteroatoms. The van der Waals surface area contributed by atoms with Crippen molar-refractivity contribution in [2.45, 2.75) is 20.0 Å². The van der Waals surface area contributed by atoms with Crippen LogP contribution < -0.4 is 15.2 Å². The number of aromatic nitrogens is 1. The molecule has 0 atom stereocenters. The highest BCUT2D eigenvalue weighted by Gasteiger charge is 2.13. The van der Waals surface area contributed by atoms with Crippen molar-refractivity contribution < 1.29 is 14.0 Å². The molecule has 0 radical (unpaired) electrons. The Balaban J connectivity index is 2.17. The molecule has 2 aromatic rings. The summed E-state index contributed by atoms with van der Waals surface area (Å²) in [7, 11) is 1.61. The lowest BCUT2D eigenvalue weighted by Gasteiger charge is -2.13. The van der Waals surface area contributed by atoms with Crippen LogP contribution in [0.2, 0.25) is 0 Å². The van der Waals surface area contributed by atoms with E-state index in [-0.39, 0.29) is 0 Å². The lowest BCUT2D eigenvalue weighted by molar-refractivity contribution is 0.237. The van der Waals surface area contributed by atoms with E-state index >= 15 is 0 Å². The summed E-state index contributed by atoms with van der Waals surface area (Å²) in [6, 6.07) is 5.75. The predicted octanol–water partition coefficient (Wildman–Crippen LogP) is 2.83. The SMILES string of the molecule is COc1cc(CCN)cc(Br)c1OCc1cc(C)no1. The smallest absolute Gasteiger partial charge is 0.176 e. The second-order valence-corrected chi connectivity index (χ2v) is 5.23. The van der Waals surface area contributed by atoms with Gasteiger partial charge in [0.1, 0.15) is 6.61 Å². The van der Waals surface area contributed by atoms with Crippen molar-refractivity contribution in [3.8, 4) is 11.5 Å². The van der Waals surface area contributed by atoms with Crippen molar-refractivity contribution in [3.05, 3.63) is 39.7 Å². The summed E-state index contributed by atoms with van der Waals surface area (Å²) >= 11 is 3.50. The molecule has 2 N–H and O–H groups in total. The molecule has 0 aliphatic carbocycles. The Hall–Kier alpha value is -1.53. The molecule has 108 valence electrons. The maximum Gasteiger partial charge on any atom is 0.176 e. The molecule has 1 heterocycles. The van der Waals surface area contributed by atoms with E-state index < -0.39 is 0 Å². The summed E-state index contributed by atoms with van der Waals surface area (Å²) in [4.78, 5) is 0. The fourth-order valence-corrected chi connectivity index (χ4v) is 2.46. The largest absolute Gasteiger partial charge is 0.493 e. The minimum Gasteiger partial charge on any atom is -0.493 e. The number of methoxy groups -OCH3 is 1. The predicted molar refractivity (Wildman–Crippen MR) is 79.0 cm³/mol. The quantitative estimate of drug-likeness (QED) is 0.875. The van der Waals surface area contributed by atoms with Crippen molar-refractivity contribution in [2.75, 3.05) is 13.7 Å². The van der Waals surface area contributed by atoms with E-state index in [1.54, 1.807) is 7.11 Å². The van der Waals surface area contributed by atoms with Crippen molar-refractivity contribution in [2.24, 2.45) is 5.73 Å². The van der Waals surface area contributed by atoms with E-state index in [9.17, 15) is 0 Å². The third kappa shape index (κ3) is 3.52. The van der Waals surface area contributed by atoms with Gasteiger partial charge in [0.25, 0.3) is 0 Å². The van der Waals surface area contributed by atoms with Crippen molar-refractivity contribution >= 4 is 15.9 Å². The van der Waals surface area contributed by atoms with E-state index in [1.165, 1.54) is 0 Å². The van der Waals surface area contributed by atoms with Gasteiger partial charge in [-0.15, -0.1) is 0 Å². The maximum atomic E-state index is 5.75. The van der Waals surface area contributed by atoms with E-state index in [0.717, 1.165) is 22.2 Å². The van der Waals surface area contributed by atoms with Gasteiger partial charge in [0.05, 0.1) is 17.3 Å².